The third-order valence-corrected chi connectivity index (χ3v) is 9.38. The summed E-state index contributed by atoms with van der Waals surface area (Å²) >= 11 is 0. The number of benzene rings is 3. The zero-order valence-electron chi connectivity index (χ0n) is 22.1. The number of likely N-dealkylation sites (tertiary alicyclic amines) is 1. The number of carbonyl (C=O) groups excluding carboxylic acids is 2. The number of methoxy groups -OCH3 is 3. The maximum atomic E-state index is 13.9. The van der Waals surface area contributed by atoms with Crippen LogP contribution >= 0.6 is 0 Å². The first kappa shape index (κ1) is 24.5. The van der Waals surface area contributed by atoms with E-state index in [1.807, 2.05) is 41.3 Å². The van der Waals surface area contributed by atoms with Crippen LogP contribution in [-0.4, -0.2) is 51.2 Å². The van der Waals surface area contributed by atoms with Gasteiger partial charge in [0.15, 0.2) is 0 Å². The third-order valence-electron chi connectivity index (χ3n) is 9.38. The van der Waals surface area contributed by atoms with Gasteiger partial charge in [0.05, 0.1) is 33.2 Å². The summed E-state index contributed by atoms with van der Waals surface area (Å²) in [6.07, 6.45) is 1.98. The lowest BCUT2D eigenvalue weighted by Gasteiger charge is -2.59. The molecule has 4 aliphatic rings. The van der Waals surface area contributed by atoms with Crippen LogP contribution in [0.3, 0.4) is 0 Å². The molecule has 0 aromatic heterocycles. The number of esters is 1. The van der Waals surface area contributed by atoms with Gasteiger partial charge in [-0.15, -0.1) is 0 Å². The predicted octanol–water partition coefficient (Wildman–Crippen LogP) is 4.74. The first-order valence-electron chi connectivity index (χ1n) is 13.2. The van der Waals surface area contributed by atoms with Crippen molar-refractivity contribution in [2.45, 2.75) is 30.6 Å². The molecule has 7 rings (SSSR count). The molecule has 1 heterocycles. The molecule has 6 heteroatoms. The fourth-order valence-electron chi connectivity index (χ4n) is 7.84. The first-order valence-corrected chi connectivity index (χ1v) is 13.2. The molecule has 3 aliphatic carbocycles. The molecule has 1 saturated carbocycles. The van der Waals surface area contributed by atoms with E-state index in [1.54, 1.807) is 14.2 Å². The smallest absolute Gasteiger partial charge is 0.314 e. The summed E-state index contributed by atoms with van der Waals surface area (Å²) < 4.78 is 16.7. The van der Waals surface area contributed by atoms with Gasteiger partial charge in [-0.25, -0.2) is 0 Å². The second kappa shape index (κ2) is 9.19. The normalized spacial score (nSPS) is 26.9. The van der Waals surface area contributed by atoms with E-state index in [0.717, 1.165) is 29.7 Å². The molecule has 38 heavy (non-hydrogen) atoms. The number of amides is 1. The SMILES string of the molecule is COC(=O)C12CN(C(=O)Cc3ccccc3OC)CC1C1(c3cccc(OC)c3)CCC2c2ccccc21. The van der Waals surface area contributed by atoms with Crippen LogP contribution in [0.25, 0.3) is 0 Å². The van der Waals surface area contributed by atoms with Gasteiger partial charge in [0.2, 0.25) is 5.91 Å². The van der Waals surface area contributed by atoms with Crippen LogP contribution in [0, 0.1) is 11.3 Å². The van der Waals surface area contributed by atoms with E-state index in [9.17, 15) is 9.59 Å². The van der Waals surface area contributed by atoms with Gasteiger partial charge in [-0.2, -0.15) is 0 Å². The van der Waals surface area contributed by atoms with E-state index in [2.05, 4.69) is 36.4 Å². The molecule has 1 amide bonds. The number of carbonyl (C=O) groups is 2. The zero-order chi connectivity index (χ0) is 26.5. The van der Waals surface area contributed by atoms with E-state index in [0.29, 0.717) is 18.8 Å². The summed E-state index contributed by atoms with van der Waals surface area (Å²) in [5.74, 6) is 1.13. The summed E-state index contributed by atoms with van der Waals surface area (Å²) in [6, 6.07) is 24.3. The monoisotopic (exact) mass is 511 g/mol. The summed E-state index contributed by atoms with van der Waals surface area (Å²) in [4.78, 5) is 29.6. The molecule has 2 bridgehead atoms. The summed E-state index contributed by atoms with van der Waals surface area (Å²) in [5, 5.41) is 0. The molecule has 6 nitrogen and oxygen atoms in total. The van der Waals surface area contributed by atoms with Crippen molar-refractivity contribution in [3.63, 3.8) is 0 Å². The lowest BCUT2D eigenvalue weighted by atomic mass is 9.42. The van der Waals surface area contributed by atoms with Gasteiger partial charge in [-0.3, -0.25) is 9.59 Å². The number of rotatable bonds is 6. The topological polar surface area (TPSA) is 65.1 Å². The second-order valence-corrected chi connectivity index (χ2v) is 10.7. The minimum atomic E-state index is -0.819. The van der Waals surface area contributed by atoms with E-state index in [1.165, 1.54) is 18.2 Å². The average molecular weight is 512 g/mol. The Morgan fingerprint density at radius 3 is 2.53 bits per heavy atom. The highest BCUT2D eigenvalue weighted by molar-refractivity contribution is 5.86. The number of fused-ring (bicyclic) bond motifs is 1. The van der Waals surface area contributed by atoms with Crippen LogP contribution in [0.4, 0.5) is 0 Å². The quantitative estimate of drug-likeness (QED) is 0.448. The Balaban J connectivity index is 1.49. The van der Waals surface area contributed by atoms with Crippen LogP contribution in [0.15, 0.2) is 72.8 Å². The van der Waals surface area contributed by atoms with Crippen molar-refractivity contribution in [3.05, 3.63) is 95.1 Å². The molecular weight excluding hydrogens is 478 g/mol. The van der Waals surface area contributed by atoms with E-state index in [4.69, 9.17) is 14.2 Å². The molecule has 0 spiro atoms. The molecule has 4 atom stereocenters. The van der Waals surface area contributed by atoms with Crippen LogP contribution in [-0.2, 0) is 26.2 Å². The van der Waals surface area contributed by atoms with Crippen LogP contribution in [0.2, 0.25) is 0 Å². The predicted molar refractivity (Wildman–Crippen MR) is 143 cm³/mol. The van der Waals surface area contributed by atoms with E-state index >= 15 is 0 Å². The lowest BCUT2D eigenvalue weighted by molar-refractivity contribution is -0.161. The highest BCUT2D eigenvalue weighted by Crippen LogP contribution is 2.69. The summed E-state index contributed by atoms with van der Waals surface area (Å²) in [6.45, 7) is 0.841. The second-order valence-electron chi connectivity index (χ2n) is 10.7. The number of nitrogens with zero attached hydrogens (tertiary/aromatic N) is 1. The number of hydrogen-bond donors (Lipinski definition) is 0. The van der Waals surface area contributed by atoms with Crippen molar-refractivity contribution >= 4 is 11.9 Å². The maximum absolute atomic E-state index is 13.9. The van der Waals surface area contributed by atoms with Crippen LogP contribution in [0.5, 0.6) is 11.5 Å². The highest BCUT2D eigenvalue weighted by atomic mass is 16.5. The van der Waals surface area contributed by atoms with Crippen LogP contribution < -0.4 is 9.47 Å². The molecule has 3 aromatic rings. The number of para-hydroxylation sites is 1. The minimum absolute atomic E-state index is 0.00331. The molecule has 0 N–H and O–H groups in total. The Morgan fingerprint density at radius 2 is 1.74 bits per heavy atom. The molecular formula is C32H33NO5. The van der Waals surface area contributed by atoms with Crippen molar-refractivity contribution in [2.75, 3.05) is 34.4 Å². The lowest BCUT2D eigenvalue weighted by Crippen LogP contribution is -2.60. The zero-order valence-corrected chi connectivity index (χ0v) is 22.1. The van der Waals surface area contributed by atoms with Crippen LogP contribution in [0.1, 0.15) is 41.0 Å². The molecule has 1 aliphatic heterocycles. The Bertz CT molecular complexity index is 1400. The van der Waals surface area contributed by atoms with Gasteiger partial charge < -0.3 is 19.1 Å². The van der Waals surface area contributed by atoms with Crippen molar-refractivity contribution < 1.29 is 23.8 Å². The highest BCUT2D eigenvalue weighted by Gasteiger charge is 2.71. The molecule has 196 valence electrons. The minimum Gasteiger partial charge on any atom is -0.497 e. The van der Waals surface area contributed by atoms with Gasteiger partial charge >= 0.3 is 5.97 Å². The first-order chi connectivity index (χ1) is 18.5. The molecule has 4 unspecified atom stereocenters. The standard InChI is InChI=1S/C32H33NO5/c1-36-23-11-8-10-22(18-23)31-16-15-26(24-12-5-6-13-25(24)31)32(30(35)38-3)20-33(19-28(31)32)29(34)17-21-9-4-7-14-27(21)37-2/h4-14,18,26,28H,15-17,19-20H2,1-3H3. The number of ether oxygens (including phenoxy) is 3. The van der Waals surface area contributed by atoms with Crippen molar-refractivity contribution in [3.8, 4) is 11.5 Å². The van der Waals surface area contributed by atoms with Gasteiger partial charge in [0.25, 0.3) is 0 Å². The van der Waals surface area contributed by atoms with Gasteiger partial charge in [0, 0.05) is 35.9 Å². The fraction of sp³-hybridized carbons (Fsp3) is 0.375. The Morgan fingerprint density at radius 1 is 0.947 bits per heavy atom. The largest absolute Gasteiger partial charge is 0.497 e. The average Bonchev–Trinajstić information content (AvgIpc) is 3.41. The summed E-state index contributed by atoms with van der Waals surface area (Å²) in [5.41, 5.74) is 3.17. The maximum Gasteiger partial charge on any atom is 0.314 e. The van der Waals surface area contributed by atoms with Crippen molar-refractivity contribution in [2.24, 2.45) is 11.3 Å². The van der Waals surface area contributed by atoms with Gasteiger partial charge in [-0.1, -0.05) is 54.6 Å². The molecule has 1 saturated heterocycles. The third kappa shape index (κ3) is 3.32. The van der Waals surface area contributed by atoms with Gasteiger partial charge in [-0.05, 0) is 47.7 Å². The summed E-state index contributed by atoms with van der Waals surface area (Å²) in [7, 11) is 4.77. The Hall–Kier alpha value is -3.80. The Kier molecular flexibility index (Phi) is 5.93. The Labute approximate surface area is 223 Å². The van der Waals surface area contributed by atoms with Crippen molar-refractivity contribution in [1.82, 2.24) is 4.90 Å². The molecule has 3 aromatic carbocycles. The van der Waals surface area contributed by atoms with E-state index < -0.39 is 10.8 Å². The van der Waals surface area contributed by atoms with Crippen molar-refractivity contribution in [1.29, 1.82) is 0 Å². The van der Waals surface area contributed by atoms with Gasteiger partial charge in [0.1, 0.15) is 11.5 Å². The molecule has 2 fully saturated rings. The van der Waals surface area contributed by atoms with E-state index in [-0.39, 0.29) is 30.1 Å². The molecule has 0 radical (unpaired) electrons. The number of hydrogen-bond acceptors (Lipinski definition) is 5. The fourth-order valence-corrected chi connectivity index (χ4v) is 7.84.